The maximum absolute atomic E-state index is 12.0. The van der Waals surface area contributed by atoms with Crippen LogP contribution in [0.5, 0.6) is 5.75 Å². The van der Waals surface area contributed by atoms with Crippen molar-refractivity contribution in [2.75, 3.05) is 13.2 Å². The number of fused-ring (bicyclic) bond motifs is 4. The summed E-state index contributed by atoms with van der Waals surface area (Å²) in [5, 5.41) is 8.55. The largest absolute Gasteiger partial charge is 0.491 e. The Bertz CT molecular complexity index is 1090. The molecule has 0 spiro atoms. The molecule has 2 aromatic heterocycles. The zero-order valence-electron chi connectivity index (χ0n) is 17.4. The minimum atomic E-state index is -0.490. The van der Waals surface area contributed by atoms with Crippen LogP contribution in [0, 0.1) is 0 Å². The van der Waals surface area contributed by atoms with E-state index in [1.807, 2.05) is 29.8 Å². The number of carbonyl (C=O) groups is 1. The van der Waals surface area contributed by atoms with Gasteiger partial charge in [-0.05, 0) is 44.4 Å². The molecule has 3 aromatic rings. The van der Waals surface area contributed by atoms with Gasteiger partial charge < -0.3 is 19.5 Å². The molecule has 162 valence electrons. The number of benzene rings is 1. The molecule has 1 saturated heterocycles. The first-order valence-corrected chi connectivity index (χ1v) is 10.7. The van der Waals surface area contributed by atoms with Gasteiger partial charge in [0, 0.05) is 25.0 Å². The van der Waals surface area contributed by atoms with Gasteiger partial charge in [-0.3, -0.25) is 4.98 Å². The fourth-order valence-corrected chi connectivity index (χ4v) is 3.97. The third kappa shape index (κ3) is 4.18. The minimum absolute atomic E-state index is 0.0361. The second-order valence-electron chi connectivity index (χ2n) is 7.91. The molecule has 1 N–H and O–H groups in total. The van der Waals surface area contributed by atoms with Crippen LogP contribution in [0.4, 0.5) is 4.79 Å². The molecule has 2 aliphatic heterocycles. The first-order chi connectivity index (χ1) is 15.2. The number of hydrogen-bond acceptors (Lipinski definition) is 7. The predicted molar refractivity (Wildman–Crippen MR) is 112 cm³/mol. The highest BCUT2D eigenvalue weighted by Crippen LogP contribution is 2.34. The molecule has 9 nitrogen and oxygen atoms in total. The quantitative estimate of drug-likeness (QED) is 0.638. The summed E-state index contributed by atoms with van der Waals surface area (Å²) in [7, 11) is 0. The normalized spacial score (nSPS) is 22.2. The summed E-state index contributed by atoms with van der Waals surface area (Å²) < 4.78 is 19.3. The molecule has 5 rings (SSSR count). The number of alkyl carbamates (subject to hydrolysis) is 1. The smallest absolute Gasteiger partial charge is 0.407 e. The van der Waals surface area contributed by atoms with E-state index in [1.165, 1.54) is 0 Å². The van der Waals surface area contributed by atoms with Crippen LogP contribution in [-0.4, -0.2) is 45.1 Å². The van der Waals surface area contributed by atoms with E-state index in [1.54, 1.807) is 12.4 Å². The van der Waals surface area contributed by atoms with E-state index in [9.17, 15) is 4.79 Å². The SMILES string of the molecule is C[C@H]1CCNC(=O)OCc2cncc(n2)-c2nn(C3CCCCO3)c3ccc(cc23)O1. The standard InChI is InChI=1S/C22H25N5O4/c1-14-7-8-24-22(28)30-13-15-11-23-12-18(25-15)21-17-10-16(31-14)5-6-19(17)27(26-21)20-4-2-3-9-29-20/h5-6,10-12,14,20H,2-4,7-9,13H2,1H3,(H,24,28)/t14-,20?/m0/s1. The van der Waals surface area contributed by atoms with Crippen molar-refractivity contribution in [2.45, 2.75) is 51.5 Å². The molecule has 0 radical (unpaired) electrons. The molecule has 2 aliphatic rings. The summed E-state index contributed by atoms with van der Waals surface area (Å²) in [6.45, 7) is 3.20. The fraction of sp³-hybridized carbons (Fsp3) is 0.455. The van der Waals surface area contributed by atoms with Gasteiger partial charge in [0.1, 0.15) is 23.7 Å². The van der Waals surface area contributed by atoms with Crippen LogP contribution >= 0.6 is 0 Å². The highest BCUT2D eigenvalue weighted by atomic mass is 16.5. The highest BCUT2D eigenvalue weighted by molar-refractivity contribution is 5.93. The first-order valence-electron chi connectivity index (χ1n) is 10.7. The van der Waals surface area contributed by atoms with Gasteiger partial charge in [0.25, 0.3) is 0 Å². The van der Waals surface area contributed by atoms with E-state index in [2.05, 4.69) is 15.3 Å². The number of cyclic esters (lactones) is 1. The van der Waals surface area contributed by atoms with E-state index < -0.39 is 6.09 Å². The van der Waals surface area contributed by atoms with Gasteiger partial charge in [-0.25, -0.2) is 14.5 Å². The van der Waals surface area contributed by atoms with Gasteiger partial charge >= 0.3 is 6.09 Å². The lowest BCUT2D eigenvalue weighted by atomic mass is 10.1. The summed E-state index contributed by atoms with van der Waals surface area (Å²) >= 11 is 0. The lowest BCUT2D eigenvalue weighted by molar-refractivity contribution is -0.0365. The molecule has 2 atom stereocenters. The number of rotatable bonds is 1. The Balaban J connectivity index is 1.63. The fourth-order valence-electron chi connectivity index (χ4n) is 3.97. The Morgan fingerprint density at radius 2 is 2.13 bits per heavy atom. The van der Waals surface area contributed by atoms with Crippen molar-refractivity contribution in [1.29, 1.82) is 0 Å². The van der Waals surface area contributed by atoms with Crippen molar-refractivity contribution in [3.05, 3.63) is 36.3 Å². The maximum atomic E-state index is 12.0. The topological polar surface area (TPSA) is 100 Å². The molecular weight excluding hydrogens is 398 g/mol. The summed E-state index contributed by atoms with van der Waals surface area (Å²) in [5.41, 5.74) is 2.84. The van der Waals surface area contributed by atoms with Crippen LogP contribution in [0.3, 0.4) is 0 Å². The molecule has 1 fully saturated rings. The maximum Gasteiger partial charge on any atom is 0.407 e. The van der Waals surface area contributed by atoms with Crippen molar-refractivity contribution in [1.82, 2.24) is 25.1 Å². The zero-order chi connectivity index (χ0) is 21.2. The van der Waals surface area contributed by atoms with E-state index in [0.717, 1.165) is 42.5 Å². The molecule has 1 aromatic carbocycles. The minimum Gasteiger partial charge on any atom is -0.491 e. The van der Waals surface area contributed by atoms with Crippen LogP contribution in [0.25, 0.3) is 22.3 Å². The molecule has 0 saturated carbocycles. The van der Waals surface area contributed by atoms with Gasteiger partial charge in [0.2, 0.25) is 0 Å². The van der Waals surface area contributed by atoms with Gasteiger partial charge in [-0.2, -0.15) is 5.10 Å². The Morgan fingerprint density at radius 1 is 1.19 bits per heavy atom. The molecule has 1 unspecified atom stereocenters. The average molecular weight is 423 g/mol. The van der Waals surface area contributed by atoms with Gasteiger partial charge in [0.15, 0.2) is 6.23 Å². The third-order valence-electron chi connectivity index (χ3n) is 5.54. The molecule has 4 bridgehead atoms. The number of nitrogens with zero attached hydrogens (tertiary/aromatic N) is 4. The average Bonchev–Trinajstić information content (AvgIpc) is 3.17. The second kappa shape index (κ2) is 8.50. The number of hydrogen-bond donors (Lipinski definition) is 1. The number of ether oxygens (including phenoxy) is 3. The Labute approximate surface area is 179 Å². The van der Waals surface area contributed by atoms with Gasteiger partial charge in [0.05, 0.1) is 29.7 Å². The molecule has 31 heavy (non-hydrogen) atoms. The predicted octanol–water partition coefficient (Wildman–Crippen LogP) is 3.59. The molecule has 0 aliphatic carbocycles. The summed E-state index contributed by atoms with van der Waals surface area (Å²) in [6, 6.07) is 5.97. The van der Waals surface area contributed by atoms with Crippen LogP contribution in [0.2, 0.25) is 0 Å². The molecular formula is C22H25N5O4. The van der Waals surface area contributed by atoms with E-state index in [4.69, 9.17) is 19.3 Å². The Hall–Kier alpha value is -3.20. The molecule has 4 heterocycles. The first kappa shape index (κ1) is 19.7. The van der Waals surface area contributed by atoms with Crippen LogP contribution < -0.4 is 10.1 Å². The third-order valence-corrected chi connectivity index (χ3v) is 5.54. The number of nitrogens with one attached hydrogen (secondary N) is 1. The summed E-state index contributed by atoms with van der Waals surface area (Å²) in [6.07, 6.45) is 6.34. The van der Waals surface area contributed by atoms with Crippen LogP contribution in [-0.2, 0) is 16.1 Å². The van der Waals surface area contributed by atoms with Crippen LogP contribution in [0.1, 0.15) is 44.5 Å². The molecule has 9 heteroatoms. The lowest BCUT2D eigenvalue weighted by Gasteiger charge is -2.23. The van der Waals surface area contributed by atoms with Crippen molar-refractivity contribution < 1.29 is 19.0 Å². The Kier molecular flexibility index (Phi) is 5.42. The second-order valence-corrected chi connectivity index (χ2v) is 7.91. The van der Waals surface area contributed by atoms with Crippen molar-refractivity contribution in [3.8, 4) is 17.1 Å². The monoisotopic (exact) mass is 423 g/mol. The van der Waals surface area contributed by atoms with Crippen molar-refractivity contribution in [2.24, 2.45) is 0 Å². The zero-order valence-corrected chi connectivity index (χ0v) is 17.4. The molecule has 1 amide bonds. The van der Waals surface area contributed by atoms with E-state index in [-0.39, 0.29) is 18.9 Å². The van der Waals surface area contributed by atoms with Gasteiger partial charge in [-0.1, -0.05) is 0 Å². The van der Waals surface area contributed by atoms with E-state index >= 15 is 0 Å². The van der Waals surface area contributed by atoms with Gasteiger partial charge in [-0.15, -0.1) is 0 Å². The lowest BCUT2D eigenvalue weighted by Crippen LogP contribution is -2.28. The number of carbonyl (C=O) groups excluding carboxylic acids is 1. The highest BCUT2D eigenvalue weighted by Gasteiger charge is 2.23. The van der Waals surface area contributed by atoms with Crippen LogP contribution in [0.15, 0.2) is 30.6 Å². The summed E-state index contributed by atoms with van der Waals surface area (Å²) in [4.78, 5) is 20.9. The van der Waals surface area contributed by atoms with Crippen molar-refractivity contribution >= 4 is 17.0 Å². The number of aromatic nitrogens is 4. The van der Waals surface area contributed by atoms with Crippen molar-refractivity contribution in [3.63, 3.8) is 0 Å². The Morgan fingerprint density at radius 3 is 3.00 bits per heavy atom. The number of amides is 1. The summed E-state index contributed by atoms with van der Waals surface area (Å²) in [5.74, 6) is 0.743. The van der Waals surface area contributed by atoms with E-state index in [0.29, 0.717) is 30.0 Å².